The molecule has 29 heavy (non-hydrogen) atoms. The summed E-state index contributed by atoms with van der Waals surface area (Å²) >= 11 is 13.4. The van der Waals surface area contributed by atoms with Crippen molar-refractivity contribution in [3.63, 3.8) is 0 Å². The van der Waals surface area contributed by atoms with E-state index >= 15 is 0 Å². The molecule has 0 unspecified atom stereocenters. The Morgan fingerprint density at radius 2 is 1.76 bits per heavy atom. The van der Waals surface area contributed by atoms with Gasteiger partial charge in [0, 0.05) is 27.5 Å². The van der Waals surface area contributed by atoms with E-state index < -0.39 is 6.04 Å². The number of hydrogen-bond acceptors (Lipinski definition) is 3. The zero-order valence-electron chi connectivity index (χ0n) is 16.8. The van der Waals surface area contributed by atoms with E-state index in [1.165, 1.54) is 11.8 Å². The zero-order valence-corrected chi connectivity index (χ0v) is 19.2. The average molecular weight is 453 g/mol. The maximum atomic E-state index is 13.0. The van der Waals surface area contributed by atoms with Gasteiger partial charge in [-0.3, -0.25) is 9.59 Å². The summed E-state index contributed by atoms with van der Waals surface area (Å²) in [5.41, 5.74) is 0.880. The van der Waals surface area contributed by atoms with Gasteiger partial charge in [-0.1, -0.05) is 42.3 Å². The molecule has 2 amide bonds. The summed E-state index contributed by atoms with van der Waals surface area (Å²) in [4.78, 5) is 28.3. The monoisotopic (exact) mass is 452 g/mol. The minimum atomic E-state index is -0.596. The van der Waals surface area contributed by atoms with Crippen molar-refractivity contribution in [1.82, 2.24) is 10.2 Å². The number of benzene rings is 2. The Morgan fingerprint density at radius 1 is 1.07 bits per heavy atom. The molecule has 0 aromatic heterocycles. The van der Waals surface area contributed by atoms with Crippen LogP contribution in [0.2, 0.25) is 10.0 Å². The Labute approximate surface area is 187 Å². The van der Waals surface area contributed by atoms with Gasteiger partial charge in [-0.2, -0.15) is 0 Å². The molecule has 1 N–H and O–H groups in total. The van der Waals surface area contributed by atoms with E-state index in [4.69, 9.17) is 23.2 Å². The second kappa shape index (κ2) is 11.5. The van der Waals surface area contributed by atoms with Crippen LogP contribution >= 0.6 is 35.0 Å². The van der Waals surface area contributed by atoms with Crippen LogP contribution in [-0.4, -0.2) is 34.6 Å². The van der Waals surface area contributed by atoms with Gasteiger partial charge in [-0.25, -0.2) is 0 Å². The highest BCUT2D eigenvalue weighted by atomic mass is 35.5. The molecule has 4 nitrogen and oxygen atoms in total. The van der Waals surface area contributed by atoms with Crippen LogP contribution in [0.25, 0.3) is 0 Å². The van der Waals surface area contributed by atoms with Crippen LogP contribution in [0.3, 0.4) is 0 Å². The molecule has 0 bridgehead atoms. The number of halogens is 2. The molecule has 0 spiro atoms. The molecule has 0 heterocycles. The highest BCUT2D eigenvalue weighted by Crippen LogP contribution is 2.22. The summed E-state index contributed by atoms with van der Waals surface area (Å²) in [6.45, 7) is 6.03. The lowest BCUT2D eigenvalue weighted by atomic mass is 10.1. The van der Waals surface area contributed by atoms with Gasteiger partial charge in [0.2, 0.25) is 11.8 Å². The van der Waals surface area contributed by atoms with Gasteiger partial charge >= 0.3 is 0 Å². The summed E-state index contributed by atoms with van der Waals surface area (Å²) in [5, 5.41) is 4.21. The molecule has 2 rings (SSSR count). The number of nitrogens with one attached hydrogen (secondary N) is 1. The first-order valence-corrected chi connectivity index (χ1v) is 11.3. The van der Waals surface area contributed by atoms with Crippen LogP contribution in [0.4, 0.5) is 0 Å². The summed E-state index contributed by atoms with van der Waals surface area (Å²) in [7, 11) is 0. The lowest BCUT2D eigenvalue weighted by Gasteiger charge is -2.29. The predicted molar refractivity (Wildman–Crippen MR) is 122 cm³/mol. The maximum Gasteiger partial charge on any atom is 0.242 e. The van der Waals surface area contributed by atoms with Gasteiger partial charge < -0.3 is 10.2 Å². The van der Waals surface area contributed by atoms with Crippen molar-refractivity contribution in [1.29, 1.82) is 0 Å². The molecule has 2 aromatic rings. The van der Waals surface area contributed by atoms with Gasteiger partial charge in [0.1, 0.15) is 6.04 Å². The normalized spacial score (nSPS) is 12.9. The fraction of sp³-hybridized carbons (Fsp3) is 0.364. The molecule has 0 saturated heterocycles. The number of amides is 2. The molecule has 0 aliphatic heterocycles. The Hall–Kier alpha value is -1.69. The summed E-state index contributed by atoms with van der Waals surface area (Å²) in [6.07, 6.45) is 0.827. The van der Waals surface area contributed by atoms with Gasteiger partial charge in [0.05, 0.1) is 5.75 Å². The SMILES string of the molecule is CC[C@H](C)NC(=O)[C@H](C)N(Cc1cccc(Cl)c1)C(=O)CSc1ccc(Cl)cc1. The zero-order chi connectivity index (χ0) is 21.4. The van der Waals surface area contributed by atoms with Crippen LogP contribution in [0.15, 0.2) is 53.4 Å². The Bertz CT molecular complexity index is 830. The highest BCUT2D eigenvalue weighted by molar-refractivity contribution is 8.00. The number of hydrogen-bond donors (Lipinski definition) is 1. The first kappa shape index (κ1) is 23.6. The summed E-state index contributed by atoms with van der Waals surface area (Å²) in [6, 6.07) is 14.1. The maximum absolute atomic E-state index is 13.0. The third-order valence-corrected chi connectivity index (χ3v) is 6.07. The predicted octanol–water partition coefficient (Wildman–Crippen LogP) is 5.42. The number of carbonyl (C=O) groups is 2. The van der Waals surface area contributed by atoms with Crippen LogP contribution in [0, 0.1) is 0 Å². The Kier molecular flexibility index (Phi) is 9.34. The highest BCUT2D eigenvalue weighted by Gasteiger charge is 2.26. The van der Waals surface area contributed by atoms with Gasteiger partial charge in [0.15, 0.2) is 0 Å². The first-order valence-electron chi connectivity index (χ1n) is 9.52. The fourth-order valence-corrected chi connectivity index (χ4v) is 3.76. The topological polar surface area (TPSA) is 49.4 Å². The Balaban J connectivity index is 2.14. The van der Waals surface area contributed by atoms with Crippen molar-refractivity contribution >= 4 is 46.8 Å². The third-order valence-electron chi connectivity index (χ3n) is 4.59. The second-order valence-corrected chi connectivity index (χ2v) is 8.81. The van der Waals surface area contributed by atoms with Crippen LogP contribution in [-0.2, 0) is 16.1 Å². The lowest BCUT2D eigenvalue weighted by Crippen LogP contribution is -2.50. The fourth-order valence-electron chi connectivity index (χ4n) is 2.64. The van der Waals surface area contributed by atoms with Crippen molar-refractivity contribution in [3.8, 4) is 0 Å². The van der Waals surface area contributed by atoms with Crippen LogP contribution in [0.5, 0.6) is 0 Å². The number of nitrogens with zero attached hydrogens (tertiary/aromatic N) is 1. The van der Waals surface area contributed by atoms with E-state index in [9.17, 15) is 9.59 Å². The van der Waals surface area contributed by atoms with Gasteiger partial charge in [0.25, 0.3) is 0 Å². The second-order valence-electron chi connectivity index (χ2n) is 6.89. The van der Waals surface area contributed by atoms with E-state index in [1.54, 1.807) is 30.0 Å². The molecule has 0 aliphatic carbocycles. The van der Waals surface area contributed by atoms with Crippen LogP contribution < -0.4 is 5.32 Å². The van der Waals surface area contributed by atoms with E-state index in [-0.39, 0.29) is 23.6 Å². The molecule has 0 aliphatic rings. The average Bonchev–Trinajstić information content (AvgIpc) is 2.70. The van der Waals surface area contributed by atoms with Crippen molar-refractivity contribution < 1.29 is 9.59 Å². The molecular formula is C22H26Cl2N2O2S. The lowest BCUT2D eigenvalue weighted by molar-refractivity contribution is -0.138. The van der Waals surface area contributed by atoms with Crippen molar-refractivity contribution in [2.24, 2.45) is 0 Å². The van der Waals surface area contributed by atoms with Crippen molar-refractivity contribution in [2.75, 3.05) is 5.75 Å². The van der Waals surface area contributed by atoms with Crippen molar-refractivity contribution in [3.05, 3.63) is 64.1 Å². The molecular weight excluding hydrogens is 427 g/mol. The summed E-state index contributed by atoms with van der Waals surface area (Å²) in [5.74, 6) is -0.0497. The minimum absolute atomic E-state index is 0.0523. The Morgan fingerprint density at radius 3 is 2.38 bits per heavy atom. The van der Waals surface area contributed by atoms with E-state index in [1.807, 2.05) is 44.2 Å². The van der Waals surface area contributed by atoms with Gasteiger partial charge in [-0.15, -0.1) is 11.8 Å². The smallest absolute Gasteiger partial charge is 0.242 e. The van der Waals surface area contributed by atoms with Crippen LogP contribution in [0.1, 0.15) is 32.8 Å². The molecule has 2 atom stereocenters. The largest absolute Gasteiger partial charge is 0.352 e. The van der Waals surface area contributed by atoms with Gasteiger partial charge in [-0.05, 0) is 62.2 Å². The third kappa shape index (κ3) is 7.57. The number of carbonyl (C=O) groups excluding carboxylic acids is 2. The first-order chi connectivity index (χ1) is 13.8. The molecule has 0 saturated carbocycles. The van der Waals surface area contributed by atoms with E-state index in [0.717, 1.165) is 16.9 Å². The molecule has 2 aromatic carbocycles. The number of thioether (sulfide) groups is 1. The number of rotatable bonds is 9. The van der Waals surface area contributed by atoms with E-state index in [0.29, 0.717) is 16.6 Å². The van der Waals surface area contributed by atoms with Crippen molar-refractivity contribution in [2.45, 2.75) is 50.7 Å². The molecule has 0 radical (unpaired) electrons. The molecule has 7 heteroatoms. The quantitative estimate of drug-likeness (QED) is 0.516. The minimum Gasteiger partial charge on any atom is -0.352 e. The summed E-state index contributed by atoms with van der Waals surface area (Å²) < 4.78 is 0. The van der Waals surface area contributed by atoms with E-state index in [2.05, 4.69) is 5.32 Å². The standard InChI is InChI=1S/C22H26Cl2N2O2S/c1-4-15(2)25-22(28)16(3)26(13-17-6-5-7-19(24)12-17)21(27)14-29-20-10-8-18(23)9-11-20/h5-12,15-16H,4,13-14H2,1-3H3,(H,25,28)/t15-,16-/m0/s1. The molecule has 156 valence electrons. The molecule has 0 fully saturated rings.